The van der Waals surface area contributed by atoms with Crippen LogP contribution in [0.1, 0.15) is 23.0 Å². The van der Waals surface area contributed by atoms with Crippen LogP contribution in [0.5, 0.6) is 5.75 Å². The number of halogens is 3. The summed E-state index contributed by atoms with van der Waals surface area (Å²) in [4.78, 5) is 0. The number of ether oxygens (including phenoxy) is 1. The zero-order valence-electron chi connectivity index (χ0n) is 9.94. The molecule has 0 aliphatic carbocycles. The highest BCUT2D eigenvalue weighted by Crippen LogP contribution is 2.29. The van der Waals surface area contributed by atoms with Crippen molar-refractivity contribution >= 4 is 0 Å². The lowest BCUT2D eigenvalue weighted by Gasteiger charge is -2.13. The minimum Gasteiger partial charge on any atom is -0.466 e. The van der Waals surface area contributed by atoms with Crippen LogP contribution in [-0.4, -0.2) is 11.5 Å². The highest BCUT2D eigenvalue weighted by molar-refractivity contribution is 5.34. The number of alkyl halides is 3. The van der Waals surface area contributed by atoms with Crippen molar-refractivity contribution < 1.29 is 27.4 Å². The van der Waals surface area contributed by atoms with Gasteiger partial charge in [0.2, 0.25) is 0 Å². The van der Waals surface area contributed by atoms with Crippen LogP contribution >= 0.6 is 0 Å². The molecule has 0 saturated carbocycles. The molecule has 0 radical (unpaired) electrons. The van der Waals surface area contributed by atoms with E-state index in [0.29, 0.717) is 5.76 Å². The molecule has 1 aromatic heterocycles. The number of rotatable bonds is 3. The van der Waals surface area contributed by atoms with Gasteiger partial charge in [-0.05, 0) is 36.2 Å². The second-order valence-corrected chi connectivity index (χ2v) is 3.99. The van der Waals surface area contributed by atoms with E-state index in [-0.39, 0.29) is 11.3 Å². The number of benzene rings is 1. The van der Waals surface area contributed by atoms with Crippen LogP contribution < -0.4 is 4.74 Å². The molecule has 6 heteroatoms. The lowest BCUT2D eigenvalue weighted by molar-refractivity contribution is -0.274. The standard InChI is InChI=1S/C13H11F3O3/c1-8-5-6-18-12(8)11(17)9-3-2-4-10(7-9)19-13(14,15)16/h2-7,11,17H,1H3. The van der Waals surface area contributed by atoms with E-state index in [4.69, 9.17) is 4.42 Å². The predicted molar refractivity (Wildman–Crippen MR) is 60.6 cm³/mol. The Morgan fingerprint density at radius 3 is 2.58 bits per heavy atom. The zero-order valence-corrected chi connectivity index (χ0v) is 9.94. The van der Waals surface area contributed by atoms with Crippen LogP contribution in [0.3, 0.4) is 0 Å². The van der Waals surface area contributed by atoms with Crippen molar-refractivity contribution in [2.75, 3.05) is 0 Å². The van der Waals surface area contributed by atoms with Gasteiger partial charge in [0.25, 0.3) is 0 Å². The lowest BCUT2D eigenvalue weighted by Crippen LogP contribution is -2.17. The van der Waals surface area contributed by atoms with Crippen LogP contribution in [-0.2, 0) is 0 Å². The summed E-state index contributed by atoms with van der Waals surface area (Å²) >= 11 is 0. The number of aryl methyl sites for hydroxylation is 1. The molecule has 0 aliphatic heterocycles. The molecule has 1 aromatic carbocycles. The summed E-state index contributed by atoms with van der Waals surface area (Å²) in [5, 5.41) is 10.1. The molecule has 0 amide bonds. The van der Waals surface area contributed by atoms with Crippen LogP contribution in [0.15, 0.2) is 41.0 Å². The molecule has 19 heavy (non-hydrogen) atoms. The molecule has 2 aromatic rings. The molecule has 0 fully saturated rings. The van der Waals surface area contributed by atoms with Gasteiger partial charge in [-0.1, -0.05) is 12.1 Å². The van der Waals surface area contributed by atoms with E-state index in [1.165, 1.54) is 24.5 Å². The fourth-order valence-electron chi connectivity index (χ4n) is 1.70. The van der Waals surface area contributed by atoms with E-state index in [0.717, 1.165) is 11.6 Å². The SMILES string of the molecule is Cc1ccoc1C(O)c1cccc(OC(F)(F)F)c1. The van der Waals surface area contributed by atoms with Gasteiger partial charge in [0.1, 0.15) is 17.6 Å². The Hall–Kier alpha value is -1.95. The molecule has 1 unspecified atom stereocenters. The summed E-state index contributed by atoms with van der Waals surface area (Å²) in [6.07, 6.45) is -4.49. The van der Waals surface area contributed by atoms with Gasteiger partial charge in [-0.3, -0.25) is 0 Å². The minimum atomic E-state index is -4.76. The Morgan fingerprint density at radius 2 is 2.00 bits per heavy atom. The average Bonchev–Trinajstić information content (AvgIpc) is 2.72. The normalized spacial score (nSPS) is 13.3. The summed E-state index contributed by atoms with van der Waals surface area (Å²) < 4.78 is 45.2. The molecule has 102 valence electrons. The molecule has 2 rings (SSSR count). The van der Waals surface area contributed by atoms with Crippen LogP contribution in [0.2, 0.25) is 0 Å². The number of aliphatic hydroxyl groups excluding tert-OH is 1. The molecule has 0 bridgehead atoms. The van der Waals surface area contributed by atoms with E-state index in [1.807, 2.05) is 0 Å². The molecule has 0 aliphatic rings. The number of furan rings is 1. The van der Waals surface area contributed by atoms with Crippen LogP contribution in [0.25, 0.3) is 0 Å². The lowest BCUT2D eigenvalue weighted by atomic mass is 10.0. The van der Waals surface area contributed by atoms with Crippen molar-refractivity contribution in [2.24, 2.45) is 0 Å². The molecule has 3 nitrogen and oxygen atoms in total. The summed E-state index contributed by atoms with van der Waals surface area (Å²) in [5.74, 6) is -0.0857. The van der Waals surface area contributed by atoms with Gasteiger partial charge in [-0.2, -0.15) is 0 Å². The molecule has 1 N–H and O–H groups in total. The van der Waals surface area contributed by atoms with Gasteiger partial charge >= 0.3 is 6.36 Å². The third kappa shape index (κ3) is 3.29. The summed E-state index contributed by atoms with van der Waals surface area (Å²) in [5.41, 5.74) is 0.981. The first-order valence-corrected chi connectivity index (χ1v) is 5.44. The van der Waals surface area contributed by atoms with Gasteiger partial charge in [0.05, 0.1) is 6.26 Å². The Bertz CT molecular complexity index is 560. The number of hydrogen-bond donors (Lipinski definition) is 1. The topological polar surface area (TPSA) is 42.6 Å². The fraction of sp³-hybridized carbons (Fsp3) is 0.231. The largest absolute Gasteiger partial charge is 0.573 e. The van der Waals surface area contributed by atoms with Crippen molar-refractivity contribution in [3.05, 3.63) is 53.5 Å². The van der Waals surface area contributed by atoms with Crippen molar-refractivity contribution in [1.29, 1.82) is 0 Å². The maximum Gasteiger partial charge on any atom is 0.573 e. The Balaban J connectivity index is 2.26. The molecular weight excluding hydrogens is 261 g/mol. The van der Waals surface area contributed by atoms with E-state index < -0.39 is 12.5 Å². The van der Waals surface area contributed by atoms with Crippen molar-refractivity contribution in [1.82, 2.24) is 0 Å². The maximum atomic E-state index is 12.1. The highest BCUT2D eigenvalue weighted by Gasteiger charge is 2.31. The Labute approximate surface area is 107 Å². The molecule has 1 atom stereocenters. The highest BCUT2D eigenvalue weighted by atomic mass is 19.4. The minimum absolute atomic E-state index is 0.264. The maximum absolute atomic E-state index is 12.1. The third-order valence-electron chi connectivity index (χ3n) is 2.56. The van der Waals surface area contributed by atoms with Crippen molar-refractivity contribution in [3.8, 4) is 5.75 Å². The zero-order chi connectivity index (χ0) is 14.0. The second-order valence-electron chi connectivity index (χ2n) is 3.99. The quantitative estimate of drug-likeness (QED) is 0.928. The van der Waals surface area contributed by atoms with Crippen molar-refractivity contribution in [3.63, 3.8) is 0 Å². The predicted octanol–water partition coefficient (Wildman–Crippen LogP) is 3.57. The third-order valence-corrected chi connectivity index (χ3v) is 2.56. The van der Waals surface area contributed by atoms with Crippen LogP contribution in [0, 0.1) is 6.92 Å². The van der Waals surface area contributed by atoms with Gasteiger partial charge in [0, 0.05) is 0 Å². The molecular formula is C13H11F3O3. The number of hydrogen-bond acceptors (Lipinski definition) is 3. The Morgan fingerprint density at radius 1 is 1.26 bits per heavy atom. The number of aliphatic hydroxyl groups is 1. The Kier molecular flexibility index (Phi) is 3.53. The molecule has 1 heterocycles. The average molecular weight is 272 g/mol. The second kappa shape index (κ2) is 4.97. The van der Waals surface area contributed by atoms with Gasteiger partial charge in [-0.15, -0.1) is 13.2 Å². The van der Waals surface area contributed by atoms with Gasteiger partial charge < -0.3 is 14.3 Å². The van der Waals surface area contributed by atoms with E-state index in [2.05, 4.69) is 4.74 Å². The van der Waals surface area contributed by atoms with E-state index in [1.54, 1.807) is 13.0 Å². The first kappa shape index (κ1) is 13.5. The van der Waals surface area contributed by atoms with E-state index in [9.17, 15) is 18.3 Å². The first-order valence-electron chi connectivity index (χ1n) is 5.44. The molecule has 0 spiro atoms. The summed E-state index contributed by atoms with van der Waals surface area (Å²) in [6.45, 7) is 1.73. The van der Waals surface area contributed by atoms with Crippen LogP contribution in [0.4, 0.5) is 13.2 Å². The van der Waals surface area contributed by atoms with Gasteiger partial charge in [-0.25, -0.2) is 0 Å². The van der Waals surface area contributed by atoms with E-state index >= 15 is 0 Å². The smallest absolute Gasteiger partial charge is 0.466 e. The first-order chi connectivity index (χ1) is 8.87. The monoisotopic (exact) mass is 272 g/mol. The summed E-state index contributed by atoms with van der Waals surface area (Å²) in [6, 6.07) is 6.82. The molecule has 0 saturated heterocycles. The summed E-state index contributed by atoms with van der Waals surface area (Å²) in [7, 11) is 0. The fourth-order valence-corrected chi connectivity index (χ4v) is 1.70. The van der Waals surface area contributed by atoms with Gasteiger partial charge in [0.15, 0.2) is 0 Å². The van der Waals surface area contributed by atoms with Crippen molar-refractivity contribution in [2.45, 2.75) is 19.4 Å².